The molecule has 2 atom stereocenters. The number of nitrogens with one attached hydrogen (secondary N) is 4. The molecule has 0 spiro atoms. The lowest BCUT2D eigenvalue weighted by molar-refractivity contribution is -0.128. The second kappa shape index (κ2) is 12.0. The van der Waals surface area contributed by atoms with E-state index >= 15 is 0 Å². The van der Waals surface area contributed by atoms with Crippen molar-refractivity contribution >= 4 is 11.8 Å². The third-order valence-electron chi connectivity index (χ3n) is 8.81. The first-order chi connectivity index (χ1) is 16.0. The Balaban J connectivity index is 1.12. The van der Waals surface area contributed by atoms with E-state index in [1.54, 1.807) is 0 Å². The van der Waals surface area contributed by atoms with Gasteiger partial charge >= 0.3 is 0 Å². The standard InChI is InChI=1S/C25H45N5O3/c1-33-22-11-7-16(8-12-22)19-14-27-25(28-15-19)30-20-9-5-17(6-10-20)24(32)29-21-4-2-3-18(13-21)23(26)31/h16-22,25,27-28,30H,2-15H2,1H3,(H2,26,31)(H,29,32). The van der Waals surface area contributed by atoms with Crippen molar-refractivity contribution in [3.63, 3.8) is 0 Å². The fourth-order valence-corrected chi connectivity index (χ4v) is 6.59. The van der Waals surface area contributed by atoms with Crippen molar-refractivity contribution in [2.24, 2.45) is 29.4 Å². The van der Waals surface area contributed by atoms with Gasteiger partial charge < -0.3 is 15.8 Å². The Kier molecular flexibility index (Phi) is 9.02. The molecule has 2 amide bonds. The summed E-state index contributed by atoms with van der Waals surface area (Å²) in [5.41, 5.74) is 5.48. The molecule has 8 heteroatoms. The minimum atomic E-state index is -0.227. The summed E-state index contributed by atoms with van der Waals surface area (Å²) in [5.74, 6) is 1.46. The van der Waals surface area contributed by atoms with Gasteiger partial charge in [-0.05, 0) is 82.5 Å². The van der Waals surface area contributed by atoms with E-state index in [0.717, 1.165) is 64.0 Å². The molecule has 1 heterocycles. The molecule has 4 fully saturated rings. The number of nitrogens with two attached hydrogens (primary N) is 1. The molecule has 4 rings (SSSR count). The van der Waals surface area contributed by atoms with Crippen LogP contribution in [0.1, 0.15) is 77.0 Å². The van der Waals surface area contributed by atoms with Crippen LogP contribution in [-0.2, 0) is 14.3 Å². The first-order valence-corrected chi connectivity index (χ1v) is 13.4. The van der Waals surface area contributed by atoms with Gasteiger partial charge in [0.15, 0.2) is 0 Å². The molecule has 3 saturated carbocycles. The number of methoxy groups -OCH3 is 1. The van der Waals surface area contributed by atoms with Crippen LogP contribution < -0.4 is 27.0 Å². The van der Waals surface area contributed by atoms with E-state index < -0.39 is 0 Å². The Morgan fingerprint density at radius 1 is 0.818 bits per heavy atom. The predicted octanol–water partition coefficient (Wildman–Crippen LogP) is 1.59. The third-order valence-corrected chi connectivity index (χ3v) is 8.81. The summed E-state index contributed by atoms with van der Waals surface area (Å²) < 4.78 is 5.52. The Morgan fingerprint density at radius 2 is 1.52 bits per heavy atom. The summed E-state index contributed by atoms with van der Waals surface area (Å²) >= 11 is 0. The van der Waals surface area contributed by atoms with E-state index in [-0.39, 0.29) is 36.0 Å². The maximum atomic E-state index is 12.8. The second-order valence-electron chi connectivity index (χ2n) is 11.0. The van der Waals surface area contributed by atoms with Crippen molar-refractivity contribution < 1.29 is 14.3 Å². The van der Waals surface area contributed by atoms with Crippen LogP contribution in [0.2, 0.25) is 0 Å². The number of carbonyl (C=O) groups is 2. The van der Waals surface area contributed by atoms with Crippen molar-refractivity contribution in [3.05, 3.63) is 0 Å². The zero-order valence-corrected chi connectivity index (χ0v) is 20.3. The van der Waals surface area contributed by atoms with E-state index in [4.69, 9.17) is 10.5 Å². The first-order valence-electron chi connectivity index (χ1n) is 13.4. The highest BCUT2D eigenvalue weighted by molar-refractivity contribution is 5.79. The molecule has 0 aromatic carbocycles. The topological polar surface area (TPSA) is 118 Å². The molecule has 1 saturated heterocycles. The van der Waals surface area contributed by atoms with Gasteiger partial charge in [-0.1, -0.05) is 6.42 Å². The van der Waals surface area contributed by atoms with Gasteiger partial charge in [0, 0.05) is 44.1 Å². The minimum absolute atomic E-state index is 0.0838. The third kappa shape index (κ3) is 6.90. The lowest BCUT2D eigenvalue weighted by Gasteiger charge is -2.40. The van der Waals surface area contributed by atoms with Gasteiger partial charge in [-0.3, -0.25) is 25.5 Å². The molecule has 0 radical (unpaired) electrons. The zero-order valence-electron chi connectivity index (χ0n) is 20.3. The molecular weight excluding hydrogens is 418 g/mol. The quantitative estimate of drug-likeness (QED) is 0.391. The van der Waals surface area contributed by atoms with E-state index in [1.807, 2.05) is 7.11 Å². The first kappa shape index (κ1) is 24.9. The van der Waals surface area contributed by atoms with Crippen molar-refractivity contribution in [3.8, 4) is 0 Å². The maximum absolute atomic E-state index is 12.8. The highest BCUT2D eigenvalue weighted by Crippen LogP contribution is 2.32. The van der Waals surface area contributed by atoms with Crippen molar-refractivity contribution in [2.75, 3.05) is 20.2 Å². The Hall–Kier alpha value is -1.22. The summed E-state index contributed by atoms with van der Waals surface area (Å²) in [6.07, 6.45) is 13.0. The molecule has 0 aromatic heterocycles. The number of rotatable bonds is 7. The SMILES string of the molecule is COC1CCC(C2CNC(NC3CCC(C(=O)NC4CCCC(C(N)=O)C4)CC3)NC2)CC1. The van der Waals surface area contributed by atoms with E-state index in [1.165, 1.54) is 25.7 Å². The number of amides is 2. The summed E-state index contributed by atoms with van der Waals surface area (Å²) in [4.78, 5) is 24.3. The molecule has 188 valence electrons. The van der Waals surface area contributed by atoms with Gasteiger partial charge in [0.25, 0.3) is 0 Å². The smallest absolute Gasteiger partial charge is 0.223 e. The molecular formula is C25H45N5O3. The van der Waals surface area contributed by atoms with Crippen LogP contribution in [0, 0.1) is 23.7 Å². The molecule has 0 aromatic rings. The number of hydrogen-bond acceptors (Lipinski definition) is 6. The predicted molar refractivity (Wildman–Crippen MR) is 128 cm³/mol. The fraction of sp³-hybridized carbons (Fsp3) is 0.920. The summed E-state index contributed by atoms with van der Waals surface area (Å²) in [7, 11) is 1.84. The number of primary amides is 1. The van der Waals surface area contributed by atoms with Crippen LogP contribution in [0.3, 0.4) is 0 Å². The molecule has 33 heavy (non-hydrogen) atoms. The van der Waals surface area contributed by atoms with Gasteiger partial charge in [0.2, 0.25) is 11.8 Å². The highest BCUT2D eigenvalue weighted by atomic mass is 16.5. The molecule has 3 aliphatic carbocycles. The zero-order chi connectivity index (χ0) is 23.2. The lowest BCUT2D eigenvalue weighted by atomic mass is 9.78. The van der Waals surface area contributed by atoms with Crippen molar-refractivity contribution in [1.82, 2.24) is 21.3 Å². The van der Waals surface area contributed by atoms with Crippen LogP contribution in [0.25, 0.3) is 0 Å². The van der Waals surface area contributed by atoms with E-state index in [0.29, 0.717) is 24.5 Å². The minimum Gasteiger partial charge on any atom is -0.381 e. The number of ether oxygens (including phenoxy) is 1. The summed E-state index contributed by atoms with van der Waals surface area (Å²) in [6, 6.07) is 0.550. The Labute approximate surface area is 198 Å². The van der Waals surface area contributed by atoms with E-state index in [9.17, 15) is 9.59 Å². The van der Waals surface area contributed by atoms with Crippen molar-refractivity contribution in [1.29, 1.82) is 0 Å². The van der Waals surface area contributed by atoms with Crippen LogP contribution in [0.4, 0.5) is 0 Å². The molecule has 8 nitrogen and oxygen atoms in total. The lowest BCUT2D eigenvalue weighted by Crippen LogP contribution is -2.63. The number of hydrogen-bond donors (Lipinski definition) is 5. The molecule has 1 aliphatic heterocycles. The van der Waals surface area contributed by atoms with Gasteiger partial charge in [0.1, 0.15) is 6.29 Å². The normalized spacial score (nSPS) is 40.2. The van der Waals surface area contributed by atoms with Gasteiger partial charge in [-0.15, -0.1) is 0 Å². The van der Waals surface area contributed by atoms with Gasteiger partial charge in [0.05, 0.1) is 6.10 Å². The van der Waals surface area contributed by atoms with Crippen LogP contribution in [0.5, 0.6) is 0 Å². The largest absolute Gasteiger partial charge is 0.381 e. The molecule has 0 bridgehead atoms. The average Bonchev–Trinajstić information content (AvgIpc) is 2.85. The Morgan fingerprint density at radius 3 is 2.15 bits per heavy atom. The second-order valence-corrected chi connectivity index (χ2v) is 11.0. The maximum Gasteiger partial charge on any atom is 0.223 e. The fourth-order valence-electron chi connectivity index (χ4n) is 6.59. The summed E-state index contributed by atoms with van der Waals surface area (Å²) in [5, 5.41) is 14.3. The van der Waals surface area contributed by atoms with Gasteiger partial charge in [-0.25, -0.2) is 0 Å². The Bertz CT molecular complexity index is 638. The number of carbonyl (C=O) groups excluding carboxylic acids is 2. The average molecular weight is 464 g/mol. The van der Waals surface area contributed by atoms with Crippen LogP contribution >= 0.6 is 0 Å². The molecule has 2 unspecified atom stereocenters. The monoisotopic (exact) mass is 463 g/mol. The van der Waals surface area contributed by atoms with Crippen LogP contribution in [-0.4, -0.2) is 56.5 Å². The molecule has 6 N–H and O–H groups in total. The van der Waals surface area contributed by atoms with E-state index in [2.05, 4.69) is 21.3 Å². The van der Waals surface area contributed by atoms with Crippen molar-refractivity contribution in [2.45, 2.75) is 102 Å². The van der Waals surface area contributed by atoms with Gasteiger partial charge in [-0.2, -0.15) is 0 Å². The molecule has 4 aliphatic rings. The summed E-state index contributed by atoms with van der Waals surface area (Å²) in [6.45, 7) is 2.14. The van der Waals surface area contributed by atoms with Crippen LogP contribution in [0.15, 0.2) is 0 Å². The highest BCUT2D eigenvalue weighted by Gasteiger charge is 2.33.